The van der Waals surface area contributed by atoms with Crippen LogP contribution in [0, 0.1) is 0 Å². The number of hydrogen-bond acceptors (Lipinski definition) is 11. The Labute approximate surface area is 224 Å². The summed E-state index contributed by atoms with van der Waals surface area (Å²) in [5, 5.41) is 70.0. The summed E-state index contributed by atoms with van der Waals surface area (Å²) in [6, 6.07) is 0. The van der Waals surface area contributed by atoms with E-state index >= 15 is 0 Å². The van der Waals surface area contributed by atoms with Gasteiger partial charge in [-0.05, 0) is 0 Å². The molecule has 0 radical (unpaired) electrons. The van der Waals surface area contributed by atoms with E-state index in [1.165, 1.54) is 0 Å². The van der Waals surface area contributed by atoms with Crippen LogP contribution in [-0.4, -0.2) is 143 Å². The number of nitrogens with zero attached hydrogens (tertiary/aromatic N) is 2. The van der Waals surface area contributed by atoms with E-state index in [-0.39, 0.29) is 53.6 Å². The molecule has 0 aromatic heterocycles. The van der Waals surface area contributed by atoms with Crippen LogP contribution in [0.5, 0.6) is 0 Å². The molecule has 0 aromatic carbocycles. The second kappa shape index (κ2) is 21.4. The predicted octanol–water partition coefficient (Wildman–Crippen LogP) is -9.30. The first kappa shape index (κ1) is 43.2. The molecule has 0 fully saturated rings. The van der Waals surface area contributed by atoms with Gasteiger partial charge in [-0.25, -0.2) is 4.79 Å². The zero-order valence-electron chi connectivity index (χ0n) is 18.9. The van der Waals surface area contributed by atoms with Gasteiger partial charge in [0.1, 0.15) is 0 Å². The summed E-state index contributed by atoms with van der Waals surface area (Å²) in [5.41, 5.74) is -2.80. The smallest absolute Gasteiger partial charge is 0.550 e. The minimum Gasteiger partial charge on any atom is -0.550 e. The van der Waals surface area contributed by atoms with Crippen molar-refractivity contribution < 1.29 is 115 Å². The standard InChI is InChI=1S/C10H16N2O8.C6H8O7.Na.2H2O/c13-7(14)3-11(4-8(15)16)1-2-12(5-9(17)18)6-10(19)20;7-3(8)1-6(13,5(11)12)2-4(9)10;;;/h1-6H2,(H,13,14)(H,15,16)(H,17,18)(H,19,20);13H,1-2H2,(H,7,8)(H,9,10)(H,11,12);;2*1H2/q;;+1;;/p-1. The molecule has 19 nitrogen and oxygen atoms in total. The maximum Gasteiger partial charge on any atom is 1.00 e. The summed E-state index contributed by atoms with van der Waals surface area (Å²) in [4.78, 5) is 74.7. The van der Waals surface area contributed by atoms with Gasteiger partial charge >= 0.3 is 65.4 Å². The fraction of sp³-hybridized carbons (Fsp3) is 0.562. The molecular weight excluding hydrogens is 515 g/mol. The zero-order chi connectivity index (χ0) is 26.4. The van der Waals surface area contributed by atoms with Crippen molar-refractivity contribution in [2.75, 3.05) is 39.3 Å². The van der Waals surface area contributed by atoms with Crippen LogP contribution in [-0.2, 0) is 33.6 Å². The largest absolute Gasteiger partial charge is 1.00 e. The number of aliphatic carboxylic acids is 7. The Morgan fingerprint density at radius 1 is 0.583 bits per heavy atom. The molecule has 0 aromatic rings. The Bertz CT molecular complexity index is 675. The first-order valence-corrected chi connectivity index (χ1v) is 8.67. The molecule has 204 valence electrons. The SMILES string of the molecule is O.O.O=C(O)CN(CCN(CC(=O)O)CC(=O)O)CC(=O)O.O=C([O-])CC(O)(CC(=O)O)C(=O)O.[Na+]. The minimum absolute atomic E-state index is 0. The summed E-state index contributed by atoms with van der Waals surface area (Å²) in [7, 11) is 0. The fourth-order valence-corrected chi connectivity index (χ4v) is 2.18. The molecule has 0 bridgehead atoms. The second-order valence-corrected chi connectivity index (χ2v) is 6.45. The Kier molecular flexibility index (Phi) is 25.6. The van der Waals surface area contributed by atoms with E-state index in [1.54, 1.807) is 0 Å². The van der Waals surface area contributed by atoms with Crippen LogP contribution >= 0.6 is 0 Å². The van der Waals surface area contributed by atoms with E-state index in [9.17, 15) is 38.7 Å². The van der Waals surface area contributed by atoms with E-state index in [4.69, 9.17) is 35.7 Å². The van der Waals surface area contributed by atoms with Crippen LogP contribution in [0.2, 0.25) is 0 Å². The van der Waals surface area contributed by atoms with E-state index < -0.39 is 86.4 Å². The van der Waals surface area contributed by atoms with Gasteiger partial charge in [0.2, 0.25) is 0 Å². The maximum absolute atomic E-state index is 10.6. The topological polar surface area (TPSA) is 354 Å². The molecule has 36 heavy (non-hydrogen) atoms. The summed E-state index contributed by atoms with van der Waals surface area (Å²) >= 11 is 0. The molecule has 1 unspecified atom stereocenters. The quantitative estimate of drug-likeness (QED) is 0.0889. The minimum atomic E-state index is -2.80. The number of carboxylic acids is 7. The summed E-state index contributed by atoms with van der Waals surface area (Å²) in [5.74, 6) is -10.2. The zero-order valence-corrected chi connectivity index (χ0v) is 20.9. The van der Waals surface area contributed by atoms with Gasteiger partial charge < -0.3 is 56.6 Å². The van der Waals surface area contributed by atoms with Crippen molar-refractivity contribution in [3.63, 3.8) is 0 Å². The third-order valence-corrected chi connectivity index (χ3v) is 3.45. The van der Waals surface area contributed by atoms with Crippen molar-refractivity contribution in [1.82, 2.24) is 9.80 Å². The van der Waals surface area contributed by atoms with Gasteiger partial charge in [-0.3, -0.25) is 33.8 Å². The number of carbonyl (C=O) groups is 7. The summed E-state index contributed by atoms with van der Waals surface area (Å²) in [6.07, 6.45) is -2.44. The molecule has 0 heterocycles. The van der Waals surface area contributed by atoms with Gasteiger partial charge in [0.25, 0.3) is 0 Å². The maximum atomic E-state index is 10.6. The van der Waals surface area contributed by atoms with Crippen LogP contribution in [0.3, 0.4) is 0 Å². The van der Waals surface area contributed by atoms with Crippen LogP contribution in [0.1, 0.15) is 12.8 Å². The molecule has 0 rings (SSSR count). The van der Waals surface area contributed by atoms with Crippen LogP contribution in [0.15, 0.2) is 0 Å². The number of aliphatic hydroxyl groups is 1. The number of carboxylic acid groups (broad SMARTS) is 7. The summed E-state index contributed by atoms with van der Waals surface area (Å²) in [6.45, 7) is -2.25. The van der Waals surface area contributed by atoms with Gasteiger partial charge in [0.15, 0.2) is 5.60 Å². The Morgan fingerprint density at radius 3 is 1.03 bits per heavy atom. The molecule has 0 saturated heterocycles. The number of rotatable bonds is 16. The van der Waals surface area contributed by atoms with Crippen LogP contribution < -0.4 is 34.7 Å². The van der Waals surface area contributed by atoms with Crippen molar-refractivity contribution in [1.29, 1.82) is 0 Å². The molecule has 0 aliphatic rings. The van der Waals surface area contributed by atoms with Gasteiger partial charge in [-0.15, -0.1) is 0 Å². The number of hydrogen-bond donors (Lipinski definition) is 7. The van der Waals surface area contributed by atoms with Crippen molar-refractivity contribution >= 4 is 41.8 Å². The molecule has 11 N–H and O–H groups in total. The van der Waals surface area contributed by atoms with Gasteiger partial charge in [0.05, 0.1) is 32.6 Å². The molecule has 1 atom stereocenters. The van der Waals surface area contributed by atoms with Crippen molar-refractivity contribution in [2.45, 2.75) is 18.4 Å². The molecule has 0 aliphatic carbocycles. The van der Waals surface area contributed by atoms with E-state index in [0.29, 0.717) is 0 Å². The third-order valence-electron chi connectivity index (χ3n) is 3.45. The molecular formula is C16H27N2NaO17. The van der Waals surface area contributed by atoms with E-state index in [0.717, 1.165) is 9.80 Å². The molecule has 0 aliphatic heterocycles. The normalized spacial score (nSPS) is 11.2. The van der Waals surface area contributed by atoms with E-state index in [1.807, 2.05) is 0 Å². The second-order valence-electron chi connectivity index (χ2n) is 6.45. The average molecular weight is 542 g/mol. The molecule has 0 spiro atoms. The Morgan fingerprint density at radius 2 is 0.861 bits per heavy atom. The van der Waals surface area contributed by atoms with E-state index in [2.05, 4.69) is 0 Å². The third kappa shape index (κ3) is 24.2. The first-order chi connectivity index (χ1) is 15.0. The van der Waals surface area contributed by atoms with Crippen molar-refractivity contribution in [3.8, 4) is 0 Å². The molecule has 0 amide bonds. The molecule has 0 saturated carbocycles. The monoisotopic (exact) mass is 542 g/mol. The Hall–Kier alpha value is -2.91. The van der Waals surface area contributed by atoms with Gasteiger partial charge in [-0.1, -0.05) is 0 Å². The van der Waals surface area contributed by atoms with Crippen LogP contribution in [0.4, 0.5) is 0 Å². The summed E-state index contributed by atoms with van der Waals surface area (Å²) < 4.78 is 0. The Balaban J connectivity index is -0.000000177. The van der Waals surface area contributed by atoms with Gasteiger partial charge in [-0.2, -0.15) is 0 Å². The fourth-order valence-electron chi connectivity index (χ4n) is 2.18. The predicted molar refractivity (Wildman–Crippen MR) is 105 cm³/mol. The average Bonchev–Trinajstić information content (AvgIpc) is 2.56. The molecule has 20 heteroatoms. The van der Waals surface area contributed by atoms with Gasteiger partial charge in [0, 0.05) is 25.5 Å². The first-order valence-electron chi connectivity index (χ1n) is 8.67. The van der Waals surface area contributed by atoms with Crippen LogP contribution in [0.25, 0.3) is 0 Å². The van der Waals surface area contributed by atoms with Crippen molar-refractivity contribution in [2.24, 2.45) is 0 Å². The number of carbonyl (C=O) groups excluding carboxylic acids is 1. The van der Waals surface area contributed by atoms with Crippen molar-refractivity contribution in [3.05, 3.63) is 0 Å².